The summed E-state index contributed by atoms with van der Waals surface area (Å²) in [6, 6.07) is 3.67. The van der Waals surface area contributed by atoms with Crippen molar-refractivity contribution in [3.8, 4) is 5.88 Å². The van der Waals surface area contributed by atoms with Crippen molar-refractivity contribution in [2.45, 2.75) is 6.92 Å². The van der Waals surface area contributed by atoms with Crippen LogP contribution in [-0.4, -0.2) is 12.1 Å². The minimum absolute atomic E-state index is 0.713. The Morgan fingerprint density at radius 2 is 2.20 bits per heavy atom. The number of nitrogens with one attached hydrogen (secondary N) is 1. The lowest BCUT2D eigenvalue weighted by Gasteiger charge is -1.99. The molecule has 10 heavy (non-hydrogen) atoms. The van der Waals surface area contributed by atoms with E-state index in [-0.39, 0.29) is 0 Å². The lowest BCUT2D eigenvalue weighted by Crippen LogP contribution is -1.88. The Morgan fingerprint density at radius 3 is 2.70 bits per heavy atom. The summed E-state index contributed by atoms with van der Waals surface area (Å²) in [7, 11) is 1.61. The van der Waals surface area contributed by atoms with Crippen LogP contribution in [0, 0.1) is 11.4 Å². The maximum absolute atomic E-state index is 4.95. The Balaban J connectivity index is 3.19. The maximum Gasteiger partial charge on any atom is 0.192 e. The molecule has 3 heteroatoms. The summed E-state index contributed by atoms with van der Waals surface area (Å²) >= 11 is 4.95. The second-order valence-corrected chi connectivity index (χ2v) is 2.54. The molecule has 1 aromatic rings. The monoisotopic (exact) mass is 155 g/mol. The van der Waals surface area contributed by atoms with Crippen molar-refractivity contribution < 1.29 is 4.74 Å². The molecule has 1 aromatic heterocycles. The number of ether oxygens (including phenoxy) is 1. The molecule has 0 radical (unpaired) electrons. The second-order valence-electron chi connectivity index (χ2n) is 2.07. The fourth-order valence-electron chi connectivity index (χ4n) is 0.761. The van der Waals surface area contributed by atoms with Gasteiger partial charge in [-0.15, -0.1) is 0 Å². The van der Waals surface area contributed by atoms with Crippen LogP contribution in [0.3, 0.4) is 0 Å². The number of rotatable bonds is 1. The van der Waals surface area contributed by atoms with Gasteiger partial charge in [0.15, 0.2) is 5.88 Å². The molecule has 0 atom stereocenters. The summed E-state index contributed by atoms with van der Waals surface area (Å²) in [5.74, 6) is 0.713. The summed E-state index contributed by atoms with van der Waals surface area (Å²) in [5.41, 5.74) is 1.02. The third-order valence-corrected chi connectivity index (χ3v) is 1.41. The molecule has 0 aromatic carbocycles. The van der Waals surface area contributed by atoms with Crippen LogP contribution in [-0.2, 0) is 0 Å². The van der Waals surface area contributed by atoms with Crippen molar-refractivity contribution in [2.24, 2.45) is 0 Å². The fraction of sp³-hybridized carbons (Fsp3) is 0.286. The molecule has 0 aliphatic heterocycles. The number of aryl methyl sites for hydroxylation is 1. The van der Waals surface area contributed by atoms with Gasteiger partial charge in [0, 0.05) is 16.3 Å². The Hall–Kier alpha value is -0.830. The molecular formula is C7H9NOS. The number of aromatic nitrogens is 1. The first-order valence-corrected chi connectivity index (χ1v) is 3.38. The van der Waals surface area contributed by atoms with E-state index in [4.69, 9.17) is 17.0 Å². The maximum atomic E-state index is 4.95. The lowest BCUT2D eigenvalue weighted by atomic mass is 10.4. The van der Waals surface area contributed by atoms with Gasteiger partial charge in [0.25, 0.3) is 0 Å². The third-order valence-electron chi connectivity index (χ3n) is 1.17. The Labute approximate surface area is 64.9 Å². The van der Waals surface area contributed by atoms with Crippen LogP contribution in [0.2, 0.25) is 0 Å². The second kappa shape index (κ2) is 2.84. The van der Waals surface area contributed by atoms with E-state index >= 15 is 0 Å². The normalized spacial score (nSPS) is 9.40. The minimum Gasteiger partial charge on any atom is -0.482 e. The molecular weight excluding hydrogens is 146 g/mol. The van der Waals surface area contributed by atoms with E-state index in [1.165, 1.54) is 0 Å². The van der Waals surface area contributed by atoms with Gasteiger partial charge in [-0.2, -0.15) is 0 Å². The molecule has 1 rings (SSSR count). The first-order chi connectivity index (χ1) is 4.72. The molecule has 1 heterocycles. The predicted octanol–water partition coefficient (Wildman–Crippen LogP) is 2.06. The van der Waals surface area contributed by atoms with Crippen LogP contribution in [0.5, 0.6) is 5.88 Å². The summed E-state index contributed by atoms with van der Waals surface area (Å²) in [5, 5.41) is 0. The molecule has 0 spiro atoms. The van der Waals surface area contributed by atoms with E-state index in [1.54, 1.807) is 13.2 Å². The first kappa shape index (κ1) is 7.28. The van der Waals surface area contributed by atoms with Gasteiger partial charge in [-0.3, -0.25) is 0 Å². The van der Waals surface area contributed by atoms with E-state index in [0.717, 1.165) is 10.2 Å². The molecule has 0 saturated heterocycles. The zero-order valence-electron chi connectivity index (χ0n) is 5.97. The molecule has 0 fully saturated rings. The van der Waals surface area contributed by atoms with Gasteiger partial charge in [-0.1, -0.05) is 12.2 Å². The summed E-state index contributed by atoms with van der Waals surface area (Å²) in [4.78, 5) is 3.01. The number of hydrogen-bond donors (Lipinski definition) is 1. The average molecular weight is 155 g/mol. The highest BCUT2D eigenvalue weighted by Gasteiger charge is 1.89. The highest BCUT2D eigenvalue weighted by atomic mass is 32.1. The van der Waals surface area contributed by atoms with E-state index in [1.807, 2.05) is 13.0 Å². The van der Waals surface area contributed by atoms with Gasteiger partial charge in [-0.05, 0) is 13.0 Å². The summed E-state index contributed by atoms with van der Waals surface area (Å²) < 4.78 is 5.75. The van der Waals surface area contributed by atoms with Gasteiger partial charge < -0.3 is 9.72 Å². The van der Waals surface area contributed by atoms with Crippen LogP contribution in [0.4, 0.5) is 0 Å². The van der Waals surface area contributed by atoms with Crippen LogP contribution in [0.15, 0.2) is 12.1 Å². The number of aromatic amines is 1. The minimum atomic E-state index is 0.713. The number of H-pyrrole nitrogens is 1. The highest BCUT2D eigenvalue weighted by Crippen LogP contribution is 2.06. The smallest absolute Gasteiger partial charge is 0.192 e. The van der Waals surface area contributed by atoms with Crippen molar-refractivity contribution in [1.29, 1.82) is 0 Å². The van der Waals surface area contributed by atoms with E-state index in [2.05, 4.69) is 4.98 Å². The van der Waals surface area contributed by atoms with Crippen molar-refractivity contribution in [1.82, 2.24) is 4.98 Å². The Morgan fingerprint density at radius 1 is 1.50 bits per heavy atom. The van der Waals surface area contributed by atoms with Gasteiger partial charge >= 0.3 is 0 Å². The Bertz CT molecular complexity index is 279. The third kappa shape index (κ3) is 1.57. The fourth-order valence-corrected chi connectivity index (χ4v) is 1.04. The molecule has 0 aliphatic carbocycles. The van der Waals surface area contributed by atoms with E-state index < -0.39 is 0 Å². The molecule has 54 valence electrons. The van der Waals surface area contributed by atoms with Gasteiger partial charge in [0.2, 0.25) is 0 Å². The topological polar surface area (TPSA) is 25.0 Å². The molecule has 0 amide bonds. The van der Waals surface area contributed by atoms with Gasteiger partial charge in [0.1, 0.15) is 0 Å². The molecule has 1 N–H and O–H groups in total. The number of methoxy groups -OCH3 is 1. The molecule has 0 saturated carbocycles. The van der Waals surface area contributed by atoms with Gasteiger partial charge in [0.05, 0.1) is 7.11 Å². The standard InChI is InChI=1S/C7H9NOS/c1-5-3-6(10)4-7(8-5)9-2/h3-4H,1-2H3,(H,8,10). The zero-order chi connectivity index (χ0) is 7.56. The quantitative estimate of drug-likeness (QED) is 0.628. The van der Waals surface area contributed by atoms with E-state index in [0.29, 0.717) is 5.88 Å². The molecule has 0 unspecified atom stereocenters. The van der Waals surface area contributed by atoms with Crippen molar-refractivity contribution in [3.63, 3.8) is 0 Å². The van der Waals surface area contributed by atoms with Crippen LogP contribution in [0.25, 0.3) is 0 Å². The highest BCUT2D eigenvalue weighted by molar-refractivity contribution is 7.71. The molecule has 0 bridgehead atoms. The first-order valence-electron chi connectivity index (χ1n) is 2.97. The van der Waals surface area contributed by atoms with Crippen LogP contribution in [0.1, 0.15) is 5.69 Å². The van der Waals surface area contributed by atoms with Crippen molar-refractivity contribution in [3.05, 3.63) is 22.3 Å². The summed E-state index contributed by atoms with van der Waals surface area (Å²) in [6.45, 7) is 1.94. The zero-order valence-corrected chi connectivity index (χ0v) is 6.79. The number of hydrogen-bond acceptors (Lipinski definition) is 2. The predicted molar refractivity (Wildman–Crippen MR) is 42.9 cm³/mol. The van der Waals surface area contributed by atoms with Crippen molar-refractivity contribution in [2.75, 3.05) is 7.11 Å². The molecule has 2 nitrogen and oxygen atoms in total. The van der Waals surface area contributed by atoms with Crippen molar-refractivity contribution >= 4 is 12.2 Å². The van der Waals surface area contributed by atoms with Crippen LogP contribution < -0.4 is 4.74 Å². The average Bonchev–Trinajstić information content (AvgIpc) is 1.85. The van der Waals surface area contributed by atoms with Crippen LogP contribution >= 0.6 is 12.2 Å². The SMILES string of the molecule is COc1cc(=S)cc(C)[nH]1. The van der Waals surface area contributed by atoms with E-state index in [9.17, 15) is 0 Å². The number of pyridine rings is 1. The summed E-state index contributed by atoms with van der Waals surface area (Å²) in [6.07, 6.45) is 0. The molecule has 0 aliphatic rings. The lowest BCUT2D eigenvalue weighted by molar-refractivity contribution is 0.396. The van der Waals surface area contributed by atoms with Gasteiger partial charge in [-0.25, -0.2) is 0 Å². The Kier molecular flexibility index (Phi) is 2.06. The largest absolute Gasteiger partial charge is 0.482 e.